The average Bonchev–Trinajstić information content (AvgIpc) is 2.41. The van der Waals surface area contributed by atoms with Crippen LogP contribution in [0.4, 0.5) is 5.69 Å². The molecule has 1 aromatic rings. The summed E-state index contributed by atoms with van der Waals surface area (Å²) in [5, 5.41) is 13.7. The molecule has 0 aromatic heterocycles. The third kappa shape index (κ3) is 4.13. The SMILES string of the molecule is CC(C)CC1CCCC(Nc2ccc(Cl)cc2)(C(=O)O)C1. The van der Waals surface area contributed by atoms with E-state index in [1.165, 1.54) is 0 Å². The molecule has 1 aromatic carbocycles. The van der Waals surface area contributed by atoms with Gasteiger partial charge < -0.3 is 10.4 Å². The molecule has 2 N–H and O–H groups in total. The van der Waals surface area contributed by atoms with Gasteiger partial charge in [-0.3, -0.25) is 0 Å². The fraction of sp³-hybridized carbons (Fsp3) is 0.588. The van der Waals surface area contributed by atoms with Crippen LogP contribution in [0.25, 0.3) is 0 Å². The molecule has 21 heavy (non-hydrogen) atoms. The Labute approximate surface area is 131 Å². The Kier molecular flexibility index (Phi) is 5.15. The Morgan fingerprint density at radius 2 is 2.10 bits per heavy atom. The highest BCUT2D eigenvalue weighted by atomic mass is 35.5. The molecule has 0 bridgehead atoms. The molecule has 1 aliphatic rings. The summed E-state index contributed by atoms with van der Waals surface area (Å²) >= 11 is 5.89. The lowest BCUT2D eigenvalue weighted by Gasteiger charge is -2.39. The van der Waals surface area contributed by atoms with Crippen LogP contribution >= 0.6 is 11.6 Å². The maximum atomic E-state index is 11.9. The van der Waals surface area contributed by atoms with Crippen LogP contribution in [-0.4, -0.2) is 16.6 Å². The quantitative estimate of drug-likeness (QED) is 0.820. The molecule has 0 spiro atoms. The zero-order valence-corrected chi connectivity index (χ0v) is 13.5. The lowest BCUT2D eigenvalue weighted by atomic mass is 9.73. The molecule has 1 fully saturated rings. The predicted molar refractivity (Wildman–Crippen MR) is 86.9 cm³/mol. The lowest BCUT2D eigenvalue weighted by Crippen LogP contribution is -2.50. The molecule has 2 atom stereocenters. The molecule has 2 rings (SSSR count). The van der Waals surface area contributed by atoms with Gasteiger partial charge in [0, 0.05) is 10.7 Å². The van der Waals surface area contributed by atoms with E-state index in [1.54, 1.807) is 12.1 Å². The Morgan fingerprint density at radius 3 is 2.67 bits per heavy atom. The second-order valence-electron chi connectivity index (χ2n) is 6.61. The summed E-state index contributed by atoms with van der Waals surface area (Å²) < 4.78 is 0. The van der Waals surface area contributed by atoms with E-state index in [1.807, 2.05) is 12.1 Å². The van der Waals surface area contributed by atoms with Crippen molar-refractivity contribution >= 4 is 23.3 Å². The Morgan fingerprint density at radius 1 is 1.43 bits per heavy atom. The summed E-state index contributed by atoms with van der Waals surface area (Å²) in [7, 11) is 0. The van der Waals surface area contributed by atoms with Gasteiger partial charge in [0.2, 0.25) is 0 Å². The lowest BCUT2D eigenvalue weighted by molar-refractivity contribution is -0.144. The van der Waals surface area contributed by atoms with Gasteiger partial charge in [-0.1, -0.05) is 38.3 Å². The first-order valence-corrected chi connectivity index (χ1v) is 8.06. The molecule has 0 radical (unpaired) electrons. The molecule has 4 heteroatoms. The molecule has 0 amide bonds. The summed E-state index contributed by atoms with van der Waals surface area (Å²) in [4.78, 5) is 11.9. The van der Waals surface area contributed by atoms with Crippen LogP contribution < -0.4 is 5.32 Å². The van der Waals surface area contributed by atoms with Crippen LogP contribution in [0.1, 0.15) is 46.0 Å². The first-order valence-electron chi connectivity index (χ1n) is 7.68. The smallest absolute Gasteiger partial charge is 0.329 e. The van der Waals surface area contributed by atoms with Gasteiger partial charge in [0.1, 0.15) is 5.54 Å². The van der Waals surface area contributed by atoms with Gasteiger partial charge in [0.05, 0.1) is 0 Å². The second kappa shape index (κ2) is 6.69. The average molecular weight is 310 g/mol. The third-order valence-corrected chi connectivity index (χ3v) is 4.55. The Bertz CT molecular complexity index is 486. The van der Waals surface area contributed by atoms with Crippen molar-refractivity contribution in [1.82, 2.24) is 0 Å². The largest absolute Gasteiger partial charge is 0.480 e. The molecular weight excluding hydrogens is 286 g/mol. The standard InChI is InChI=1S/C17H24ClNO2/c1-12(2)10-13-4-3-9-17(11-13,16(20)21)19-15-7-5-14(18)6-8-15/h5-8,12-13,19H,3-4,9-11H2,1-2H3,(H,20,21). The van der Waals surface area contributed by atoms with E-state index in [4.69, 9.17) is 11.6 Å². The topological polar surface area (TPSA) is 49.3 Å². The van der Waals surface area contributed by atoms with Crippen molar-refractivity contribution in [2.75, 3.05) is 5.32 Å². The number of nitrogens with one attached hydrogen (secondary N) is 1. The van der Waals surface area contributed by atoms with Gasteiger partial charge in [-0.25, -0.2) is 4.79 Å². The molecule has 3 nitrogen and oxygen atoms in total. The Hall–Kier alpha value is -1.22. The molecule has 1 aliphatic carbocycles. The maximum absolute atomic E-state index is 11.9. The van der Waals surface area contributed by atoms with E-state index in [2.05, 4.69) is 19.2 Å². The van der Waals surface area contributed by atoms with Crippen LogP contribution in [-0.2, 0) is 4.79 Å². The van der Waals surface area contributed by atoms with Gasteiger partial charge in [0.15, 0.2) is 0 Å². The fourth-order valence-corrected chi connectivity index (χ4v) is 3.55. The van der Waals surface area contributed by atoms with Crippen molar-refractivity contribution in [2.24, 2.45) is 11.8 Å². The molecule has 0 saturated heterocycles. The van der Waals surface area contributed by atoms with Crippen LogP contribution in [0.15, 0.2) is 24.3 Å². The third-order valence-electron chi connectivity index (χ3n) is 4.30. The van der Waals surface area contributed by atoms with Crippen LogP contribution in [0.5, 0.6) is 0 Å². The number of carboxylic acid groups (broad SMARTS) is 1. The molecule has 116 valence electrons. The van der Waals surface area contributed by atoms with Crippen LogP contribution in [0.3, 0.4) is 0 Å². The minimum atomic E-state index is -0.842. The monoisotopic (exact) mass is 309 g/mol. The Balaban J connectivity index is 2.16. The molecule has 2 unspecified atom stereocenters. The molecule has 0 heterocycles. The first kappa shape index (κ1) is 16.2. The van der Waals surface area contributed by atoms with Crippen molar-refractivity contribution in [2.45, 2.75) is 51.5 Å². The molecular formula is C17H24ClNO2. The molecule has 0 aliphatic heterocycles. The summed E-state index contributed by atoms with van der Waals surface area (Å²) in [6.07, 6.45) is 4.57. The zero-order valence-electron chi connectivity index (χ0n) is 12.7. The zero-order chi connectivity index (χ0) is 15.5. The number of hydrogen-bond donors (Lipinski definition) is 2. The fourth-order valence-electron chi connectivity index (χ4n) is 3.43. The van der Waals surface area contributed by atoms with Crippen LogP contribution in [0, 0.1) is 11.8 Å². The number of aliphatic carboxylic acids is 1. The first-order chi connectivity index (χ1) is 9.91. The van der Waals surface area contributed by atoms with Gasteiger partial charge >= 0.3 is 5.97 Å². The summed E-state index contributed by atoms with van der Waals surface area (Å²) in [6.45, 7) is 4.40. The highest BCUT2D eigenvalue weighted by Gasteiger charge is 2.43. The minimum absolute atomic E-state index is 0.481. The normalized spacial score (nSPS) is 25.8. The van der Waals surface area contributed by atoms with E-state index in [0.717, 1.165) is 24.9 Å². The number of benzene rings is 1. The van der Waals surface area contributed by atoms with E-state index in [9.17, 15) is 9.90 Å². The number of rotatable bonds is 5. The van der Waals surface area contributed by atoms with Crippen molar-refractivity contribution in [3.63, 3.8) is 0 Å². The molecule has 1 saturated carbocycles. The van der Waals surface area contributed by atoms with Crippen molar-refractivity contribution in [1.29, 1.82) is 0 Å². The minimum Gasteiger partial charge on any atom is -0.480 e. The maximum Gasteiger partial charge on any atom is 0.329 e. The van der Waals surface area contributed by atoms with Crippen molar-refractivity contribution in [3.8, 4) is 0 Å². The summed E-state index contributed by atoms with van der Waals surface area (Å²) in [6, 6.07) is 7.26. The number of hydrogen-bond acceptors (Lipinski definition) is 2. The van der Waals surface area contributed by atoms with E-state index < -0.39 is 11.5 Å². The van der Waals surface area contributed by atoms with Crippen LogP contribution in [0.2, 0.25) is 5.02 Å². The predicted octanol–water partition coefficient (Wildman–Crippen LogP) is 4.81. The van der Waals surface area contributed by atoms with Gasteiger partial charge in [-0.05, 0) is 55.4 Å². The number of carboxylic acids is 1. The highest BCUT2D eigenvalue weighted by Crippen LogP contribution is 2.38. The van der Waals surface area contributed by atoms with Crippen molar-refractivity contribution < 1.29 is 9.90 Å². The summed E-state index contributed by atoms with van der Waals surface area (Å²) in [5.41, 5.74) is -0.0157. The summed E-state index contributed by atoms with van der Waals surface area (Å²) in [5.74, 6) is 0.343. The second-order valence-corrected chi connectivity index (χ2v) is 7.05. The van der Waals surface area contributed by atoms with E-state index in [-0.39, 0.29) is 0 Å². The van der Waals surface area contributed by atoms with Crippen molar-refractivity contribution in [3.05, 3.63) is 29.3 Å². The van der Waals surface area contributed by atoms with Gasteiger partial charge in [-0.2, -0.15) is 0 Å². The number of halogens is 1. The van der Waals surface area contributed by atoms with E-state index >= 15 is 0 Å². The van der Waals surface area contributed by atoms with Gasteiger partial charge in [0.25, 0.3) is 0 Å². The number of anilines is 1. The van der Waals surface area contributed by atoms with E-state index in [0.29, 0.717) is 29.7 Å². The number of carbonyl (C=O) groups is 1. The van der Waals surface area contributed by atoms with Gasteiger partial charge in [-0.15, -0.1) is 0 Å². The highest BCUT2D eigenvalue weighted by molar-refractivity contribution is 6.30.